The predicted octanol–water partition coefficient (Wildman–Crippen LogP) is 2.32. The SMILES string of the molecule is NCC1CC(F)(F)C1.O=C(NCC1CC(F)(F)C1)[C@@H](O)CNC(=O)[C@@H]1CCN(c2ncnc3[nH]ccc23)CC12CC2.O=C(O)[C@@H](O)CNC(=O)[C@@H]1CCN(c2ncnc3[nH]ccc23)CC12CC2. The van der Waals surface area contributed by atoms with Gasteiger partial charge in [-0.05, 0) is 79.9 Å². The number of hydrogen-bond donors (Lipinski definition) is 9. The van der Waals surface area contributed by atoms with Crippen LogP contribution in [0, 0.1) is 34.5 Å². The summed E-state index contributed by atoms with van der Waals surface area (Å²) in [7, 11) is 0. The first kappa shape index (κ1) is 47.8. The molecule has 4 aromatic rings. The van der Waals surface area contributed by atoms with Gasteiger partial charge >= 0.3 is 5.97 Å². The van der Waals surface area contributed by atoms with Crippen molar-refractivity contribution in [1.29, 1.82) is 0 Å². The van der Waals surface area contributed by atoms with E-state index in [1.165, 1.54) is 6.33 Å². The number of halogens is 4. The quantitative estimate of drug-likeness (QED) is 0.0871. The summed E-state index contributed by atoms with van der Waals surface area (Å²) >= 11 is 0. The van der Waals surface area contributed by atoms with Crippen molar-refractivity contribution in [3.8, 4) is 0 Å². The van der Waals surface area contributed by atoms with Gasteiger partial charge in [0.15, 0.2) is 6.10 Å². The molecule has 10 rings (SSSR count). The van der Waals surface area contributed by atoms with E-state index in [-0.39, 0.29) is 91.6 Å². The third-order valence-corrected chi connectivity index (χ3v) is 14.3. The molecule has 4 saturated carbocycles. The number of carbonyl (C=O) groups is 4. The Labute approximate surface area is 382 Å². The number of aliphatic carboxylic acids is 1. The number of aromatic nitrogens is 6. The van der Waals surface area contributed by atoms with Gasteiger partial charge in [-0.15, -0.1) is 0 Å². The minimum Gasteiger partial charge on any atom is -0.479 e. The van der Waals surface area contributed by atoms with E-state index in [1.807, 2.05) is 24.5 Å². The largest absolute Gasteiger partial charge is 0.479 e. The highest BCUT2D eigenvalue weighted by atomic mass is 19.3. The van der Waals surface area contributed by atoms with Crippen LogP contribution >= 0.6 is 0 Å². The van der Waals surface area contributed by atoms with E-state index in [9.17, 15) is 47.0 Å². The van der Waals surface area contributed by atoms with Gasteiger partial charge in [0.05, 0.1) is 23.9 Å². The van der Waals surface area contributed by atoms with Crippen molar-refractivity contribution in [3.63, 3.8) is 0 Å². The lowest BCUT2D eigenvalue weighted by Crippen LogP contribution is -2.51. The summed E-state index contributed by atoms with van der Waals surface area (Å²) < 4.78 is 49.6. The van der Waals surface area contributed by atoms with Gasteiger partial charge in [-0.2, -0.15) is 0 Å². The molecule has 6 heterocycles. The van der Waals surface area contributed by atoms with Crippen molar-refractivity contribution in [1.82, 2.24) is 45.9 Å². The third kappa shape index (κ3) is 10.9. The maximum atomic E-state index is 12.9. The van der Waals surface area contributed by atoms with Crippen LogP contribution in [0.15, 0.2) is 37.2 Å². The molecular formula is C44H58F4N12O7. The molecule has 0 radical (unpaired) electrons. The highest BCUT2D eigenvalue weighted by Crippen LogP contribution is 2.57. The van der Waals surface area contributed by atoms with E-state index < -0.39 is 35.9 Å². The lowest BCUT2D eigenvalue weighted by atomic mass is 9.81. The summed E-state index contributed by atoms with van der Waals surface area (Å²) in [6, 6.07) is 3.91. The number of carboxylic acids is 1. The number of hydrogen-bond acceptors (Lipinski definition) is 13. The number of nitrogens with zero attached hydrogens (tertiary/aromatic N) is 6. The Kier molecular flexibility index (Phi) is 13.7. The number of piperidine rings is 2. The Balaban J connectivity index is 0.000000159. The molecule has 4 atom stereocenters. The van der Waals surface area contributed by atoms with Crippen LogP contribution in [0.2, 0.25) is 0 Å². The number of rotatable bonds is 13. The van der Waals surface area contributed by atoms with E-state index in [1.54, 1.807) is 6.33 Å². The first-order valence-corrected chi connectivity index (χ1v) is 22.8. The number of aliphatic hydroxyl groups excluding tert-OH is 2. The molecule has 2 spiro atoms. The summed E-state index contributed by atoms with van der Waals surface area (Å²) in [5, 5.41) is 37.9. The monoisotopic (exact) mass is 942 g/mol. The number of nitrogens with one attached hydrogen (secondary N) is 5. The van der Waals surface area contributed by atoms with Crippen LogP contribution in [0.25, 0.3) is 22.1 Å². The molecule has 4 aromatic heterocycles. The Morgan fingerprint density at radius 2 is 1.15 bits per heavy atom. The van der Waals surface area contributed by atoms with Crippen LogP contribution in [0.4, 0.5) is 29.2 Å². The first-order valence-electron chi connectivity index (χ1n) is 22.8. The maximum absolute atomic E-state index is 12.9. The smallest absolute Gasteiger partial charge is 0.334 e. The Hall–Kier alpha value is -5.68. The van der Waals surface area contributed by atoms with E-state index in [0.29, 0.717) is 32.5 Å². The molecule has 4 aliphatic carbocycles. The van der Waals surface area contributed by atoms with E-state index in [2.05, 4.69) is 55.7 Å². The lowest BCUT2D eigenvalue weighted by Gasteiger charge is -2.39. The van der Waals surface area contributed by atoms with Gasteiger partial charge in [0.25, 0.3) is 5.91 Å². The average Bonchev–Trinajstić information content (AvgIpc) is 4.09. The fraction of sp³-hybridized carbons (Fsp3) is 0.636. The van der Waals surface area contributed by atoms with Gasteiger partial charge in [0.1, 0.15) is 41.7 Å². The van der Waals surface area contributed by atoms with Crippen LogP contribution in [0.3, 0.4) is 0 Å². The van der Waals surface area contributed by atoms with Crippen LogP contribution in [0.1, 0.15) is 64.2 Å². The normalized spacial score (nSPS) is 23.9. The number of anilines is 2. The van der Waals surface area contributed by atoms with Crippen molar-refractivity contribution in [2.45, 2.75) is 88.3 Å². The minimum atomic E-state index is -2.64. The Morgan fingerprint density at radius 1 is 0.701 bits per heavy atom. The number of nitrogens with two attached hydrogens (primary N) is 1. The Morgan fingerprint density at radius 3 is 1.55 bits per heavy atom. The zero-order valence-electron chi connectivity index (χ0n) is 36.9. The number of carboxylic acid groups (broad SMARTS) is 1. The fourth-order valence-electron chi connectivity index (χ4n) is 10.1. The van der Waals surface area contributed by atoms with Crippen LogP contribution in [-0.2, 0) is 19.2 Å². The molecule has 10 N–H and O–H groups in total. The topological polar surface area (TPSA) is 281 Å². The van der Waals surface area contributed by atoms with Gasteiger partial charge in [0.2, 0.25) is 23.7 Å². The summed E-state index contributed by atoms with van der Waals surface area (Å²) in [6.45, 7) is 2.89. The molecule has 19 nitrogen and oxygen atoms in total. The van der Waals surface area contributed by atoms with Crippen molar-refractivity contribution in [2.75, 3.05) is 62.2 Å². The molecule has 6 fully saturated rings. The first-order chi connectivity index (χ1) is 31.9. The number of H-pyrrole nitrogens is 2. The van der Waals surface area contributed by atoms with Crippen molar-refractivity contribution >= 4 is 57.4 Å². The second kappa shape index (κ2) is 19.1. The third-order valence-electron chi connectivity index (χ3n) is 14.3. The summed E-state index contributed by atoms with van der Waals surface area (Å²) in [6.07, 6.45) is 8.42. The molecule has 0 aromatic carbocycles. The standard InChI is InChI=1S/C22H28F2N6O3.C17H21N5O4.C5H9F2N/c23-22(24)7-13(8-22)9-26-20(33)16(31)10-27-19(32)15-2-6-30(11-21(15)3-4-21)18-14-1-5-25-17(14)28-12-29-18;23-12(16(25)26)7-19-15(24)11-2-6-22(8-17(11)3-4-17)14-10-1-5-18-13(10)20-9-21-14;6-5(7)1-4(2-5)3-8/h1,5,12-13,15-16,31H,2-4,6-11H2,(H,26,33)(H,27,32)(H,25,28,29);1,5,9,11-12,23H,2-4,6-8H2,(H,19,24)(H,25,26)(H,18,20,21);4H,1-3,8H2/t15-,16-;11-,12-;/m00./s1. The van der Waals surface area contributed by atoms with Gasteiger partial charge in [-0.3, -0.25) is 14.4 Å². The molecule has 0 unspecified atom stereocenters. The summed E-state index contributed by atoms with van der Waals surface area (Å²) in [5.41, 5.74) is 6.48. The molecule has 0 bridgehead atoms. The van der Waals surface area contributed by atoms with Crippen LogP contribution < -0.4 is 31.5 Å². The molecule has 67 heavy (non-hydrogen) atoms. The average molecular weight is 943 g/mol. The molecule has 3 amide bonds. The Bertz CT molecular complexity index is 2410. The number of carbonyl (C=O) groups excluding carboxylic acids is 3. The molecule has 2 aliphatic heterocycles. The second-order valence-electron chi connectivity index (χ2n) is 19.2. The molecule has 364 valence electrons. The fourth-order valence-corrected chi connectivity index (χ4v) is 10.1. The lowest BCUT2D eigenvalue weighted by molar-refractivity contribution is -0.146. The van der Waals surface area contributed by atoms with E-state index >= 15 is 0 Å². The van der Waals surface area contributed by atoms with E-state index in [4.69, 9.17) is 10.8 Å². The minimum absolute atomic E-state index is 0.00347. The van der Waals surface area contributed by atoms with Gasteiger partial charge in [-0.25, -0.2) is 42.3 Å². The van der Waals surface area contributed by atoms with Crippen LogP contribution in [-0.4, -0.2) is 145 Å². The number of aromatic amines is 2. The highest BCUT2D eigenvalue weighted by molar-refractivity contribution is 5.89. The van der Waals surface area contributed by atoms with Gasteiger partial charge in [0, 0.05) is 82.6 Å². The number of amides is 3. The van der Waals surface area contributed by atoms with Gasteiger partial charge in [-0.1, -0.05) is 0 Å². The predicted molar refractivity (Wildman–Crippen MR) is 235 cm³/mol. The zero-order chi connectivity index (χ0) is 47.7. The summed E-state index contributed by atoms with van der Waals surface area (Å²) in [4.78, 5) is 76.1. The maximum Gasteiger partial charge on any atom is 0.334 e. The van der Waals surface area contributed by atoms with Crippen LogP contribution in [0.5, 0.6) is 0 Å². The van der Waals surface area contributed by atoms with Gasteiger partial charge < -0.3 is 56.8 Å². The highest BCUT2D eigenvalue weighted by Gasteiger charge is 2.56. The summed E-state index contributed by atoms with van der Waals surface area (Å²) in [5.74, 6) is -6.14. The number of aliphatic hydroxyl groups is 2. The second-order valence-corrected chi connectivity index (χ2v) is 19.2. The molecular weight excluding hydrogens is 885 g/mol. The number of alkyl halides is 4. The molecule has 6 aliphatic rings. The molecule has 2 saturated heterocycles. The van der Waals surface area contributed by atoms with E-state index in [0.717, 1.165) is 72.5 Å². The number of fused-ring (bicyclic) bond motifs is 2. The zero-order valence-corrected chi connectivity index (χ0v) is 36.9. The van der Waals surface area contributed by atoms with Crippen molar-refractivity contribution in [2.24, 2.45) is 40.2 Å². The van der Waals surface area contributed by atoms with Crippen molar-refractivity contribution in [3.05, 3.63) is 37.2 Å². The van der Waals surface area contributed by atoms with Crippen molar-refractivity contribution < 1.29 is 52.1 Å². The molecule has 23 heteroatoms.